The molecule has 0 amide bonds. The molecular formula is C10H17N2P. The van der Waals surface area contributed by atoms with Crippen LogP contribution in [0.5, 0.6) is 0 Å². The molecule has 0 aliphatic carbocycles. The molecule has 1 aromatic rings. The number of H-pyrrole nitrogens is 1. The molecule has 13 heavy (non-hydrogen) atoms. The molecule has 0 bridgehead atoms. The highest BCUT2D eigenvalue weighted by atomic mass is 31.0. The second-order valence-electron chi connectivity index (χ2n) is 2.33. The fourth-order valence-corrected chi connectivity index (χ4v) is 1.01. The van der Waals surface area contributed by atoms with Gasteiger partial charge in [-0.05, 0) is 19.1 Å². The monoisotopic (exact) mass is 196 g/mol. The Bertz CT molecular complexity index is 283. The molecule has 3 heteroatoms. The number of hydrogen-bond acceptors (Lipinski definition) is 1. The van der Waals surface area contributed by atoms with E-state index in [2.05, 4.69) is 26.0 Å². The maximum absolute atomic E-state index is 3.90. The number of hydrogen-bond donors (Lipinski definition) is 1. The minimum atomic E-state index is 0.965. The third-order valence-corrected chi connectivity index (χ3v) is 1.45. The largest absolute Gasteiger partial charge is 0.278 e. The fourth-order valence-electron chi connectivity index (χ4n) is 0.829. The summed E-state index contributed by atoms with van der Waals surface area (Å²) >= 11 is 0. The van der Waals surface area contributed by atoms with Crippen LogP contribution < -0.4 is 0 Å². The lowest BCUT2D eigenvalue weighted by molar-refractivity contribution is 1.08. The Morgan fingerprint density at radius 1 is 1.62 bits per heavy atom. The second-order valence-corrected chi connectivity index (χ2v) is 3.24. The van der Waals surface area contributed by atoms with Crippen molar-refractivity contribution in [1.29, 1.82) is 0 Å². The Labute approximate surface area is 82.3 Å². The summed E-state index contributed by atoms with van der Waals surface area (Å²) in [4.78, 5) is 0. The van der Waals surface area contributed by atoms with Gasteiger partial charge in [-0.3, -0.25) is 5.10 Å². The van der Waals surface area contributed by atoms with E-state index < -0.39 is 0 Å². The van der Waals surface area contributed by atoms with Gasteiger partial charge in [-0.15, -0.1) is 9.24 Å². The van der Waals surface area contributed by atoms with Crippen molar-refractivity contribution < 1.29 is 0 Å². The van der Waals surface area contributed by atoms with Gasteiger partial charge in [0.15, 0.2) is 0 Å². The standard InChI is InChI=1S/C8H11N2P.C2H6/c1-3-8-7(4-6(2)11)5-9-10-8;1-2/h3-5H,1,11H2,2H3,(H,9,10);1-2H3/b6-4+;. The van der Waals surface area contributed by atoms with Crippen molar-refractivity contribution in [2.75, 3.05) is 0 Å². The number of aromatic amines is 1. The molecule has 1 atom stereocenters. The SMILES string of the molecule is C=Cc1[nH]ncc1/C=C(\C)P.CC. The quantitative estimate of drug-likeness (QED) is 0.722. The molecule has 0 saturated carbocycles. The van der Waals surface area contributed by atoms with Gasteiger partial charge in [0.25, 0.3) is 0 Å². The minimum absolute atomic E-state index is 0.965. The lowest BCUT2D eigenvalue weighted by atomic mass is 10.2. The Kier molecular flexibility index (Phi) is 6.17. The fraction of sp³-hybridized carbons (Fsp3) is 0.300. The Balaban J connectivity index is 0.000000671. The first-order valence-corrected chi connectivity index (χ1v) is 4.91. The van der Waals surface area contributed by atoms with Crippen molar-refractivity contribution >= 4 is 21.4 Å². The van der Waals surface area contributed by atoms with E-state index in [0.29, 0.717) is 0 Å². The number of aromatic nitrogens is 2. The predicted octanol–water partition coefficient (Wildman–Crippen LogP) is 3.31. The summed E-state index contributed by atoms with van der Waals surface area (Å²) < 4.78 is 0. The van der Waals surface area contributed by atoms with Crippen LogP contribution in [-0.2, 0) is 0 Å². The topological polar surface area (TPSA) is 28.7 Å². The highest BCUT2D eigenvalue weighted by Gasteiger charge is 1.95. The first-order valence-electron chi connectivity index (χ1n) is 4.33. The van der Waals surface area contributed by atoms with Crippen LogP contribution in [0.2, 0.25) is 0 Å². The molecule has 0 saturated heterocycles. The van der Waals surface area contributed by atoms with Gasteiger partial charge >= 0.3 is 0 Å². The van der Waals surface area contributed by atoms with Gasteiger partial charge in [0, 0.05) is 5.56 Å². The van der Waals surface area contributed by atoms with Gasteiger partial charge in [-0.1, -0.05) is 25.7 Å². The van der Waals surface area contributed by atoms with Crippen LogP contribution in [0.3, 0.4) is 0 Å². The zero-order chi connectivity index (χ0) is 10.3. The highest BCUT2D eigenvalue weighted by Crippen LogP contribution is 2.13. The van der Waals surface area contributed by atoms with E-state index in [4.69, 9.17) is 0 Å². The van der Waals surface area contributed by atoms with Crippen LogP contribution >= 0.6 is 9.24 Å². The van der Waals surface area contributed by atoms with Crippen LogP contribution in [0.4, 0.5) is 0 Å². The number of rotatable bonds is 2. The van der Waals surface area contributed by atoms with E-state index in [1.165, 1.54) is 5.31 Å². The summed E-state index contributed by atoms with van der Waals surface area (Å²) in [5.41, 5.74) is 2.04. The third-order valence-electron chi connectivity index (χ3n) is 1.29. The van der Waals surface area contributed by atoms with Crippen molar-refractivity contribution in [2.45, 2.75) is 20.8 Å². The average Bonchev–Trinajstić information content (AvgIpc) is 2.54. The molecule has 1 aromatic heterocycles. The molecule has 1 rings (SSSR count). The van der Waals surface area contributed by atoms with Crippen molar-refractivity contribution in [3.05, 3.63) is 29.3 Å². The van der Waals surface area contributed by atoms with Gasteiger partial charge < -0.3 is 0 Å². The second kappa shape index (κ2) is 6.62. The minimum Gasteiger partial charge on any atom is -0.278 e. The molecule has 72 valence electrons. The lowest BCUT2D eigenvalue weighted by Crippen LogP contribution is -1.74. The lowest BCUT2D eigenvalue weighted by Gasteiger charge is -1.90. The van der Waals surface area contributed by atoms with Crippen LogP contribution in [0, 0.1) is 0 Å². The molecule has 0 aliphatic rings. The van der Waals surface area contributed by atoms with E-state index in [9.17, 15) is 0 Å². The Hall–Kier alpha value is -0.880. The predicted molar refractivity (Wildman–Crippen MR) is 63.4 cm³/mol. The summed E-state index contributed by atoms with van der Waals surface area (Å²) in [5, 5.41) is 7.91. The number of nitrogens with one attached hydrogen (secondary N) is 1. The molecule has 0 aromatic carbocycles. The molecule has 1 heterocycles. The van der Waals surface area contributed by atoms with Crippen molar-refractivity contribution in [3.8, 4) is 0 Å². The zero-order valence-electron chi connectivity index (χ0n) is 8.46. The smallest absolute Gasteiger partial charge is 0.0644 e. The maximum atomic E-state index is 3.90. The first-order chi connectivity index (χ1) is 6.24. The normalized spacial score (nSPS) is 10.3. The molecule has 1 unspecified atom stereocenters. The van der Waals surface area contributed by atoms with Crippen molar-refractivity contribution in [3.63, 3.8) is 0 Å². The molecular weight excluding hydrogens is 179 g/mol. The summed E-state index contributed by atoms with van der Waals surface area (Å²) in [5.74, 6) is 0. The summed E-state index contributed by atoms with van der Waals surface area (Å²) in [6.45, 7) is 9.68. The summed E-state index contributed by atoms with van der Waals surface area (Å²) in [6.07, 6.45) is 5.57. The van der Waals surface area contributed by atoms with Gasteiger partial charge in [0.2, 0.25) is 0 Å². The Morgan fingerprint density at radius 2 is 2.23 bits per heavy atom. The summed E-state index contributed by atoms with van der Waals surface area (Å²) in [7, 11) is 2.63. The maximum Gasteiger partial charge on any atom is 0.0644 e. The molecule has 2 nitrogen and oxygen atoms in total. The highest BCUT2D eigenvalue weighted by molar-refractivity contribution is 7.22. The molecule has 0 radical (unpaired) electrons. The van der Waals surface area contributed by atoms with E-state index >= 15 is 0 Å². The number of allylic oxidation sites excluding steroid dienone is 1. The van der Waals surface area contributed by atoms with Gasteiger partial charge in [0.05, 0.1) is 11.9 Å². The summed E-state index contributed by atoms with van der Waals surface area (Å²) in [6, 6.07) is 0. The number of nitrogens with zero attached hydrogens (tertiary/aromatic N) is 1. The van der Waals surface area contributed by atoms with E-state index in [1.807, 2.05) is 26.8 Å². The average molecular weight is 196 g/mol. The van der Waals surface area contributed by atoms with Gasteiger partial charge in [-0.2, -0.15) is 5.10 Å². The molecule has 0 fully saturated rings. The first kappa shape index (κ1) is 12.1. The van der Waals surface area contributed by atoms with Crippen LogP contribution in [0.25, 0.3) is 12.2 Å². The molecule has 0 spiro atoms. The van der Waals surface area contributed by atoms with Crippen LogP contribution in [0.1, 0.15) is 32.0 Å². The zero-order valence-corrected chi connectivity index (χ0v) is 9.62. The Morgan fingerprint density at radius 3 is 2.69 bits per heavy atom. The van der Waals surface area contributed by atoms with Crippen LogP contribution in [0.15, 0.2) is 18.1 Å². The van der Waals surface area contributed by atoms with Crippen LogP contribution in [-0.4, -0.2) is 10.2 Å². The van der Waals surface area contributed by atoms with Crippen molar-refractivity contribution in [2.24, 2.45) is 0 Å². The van der Waals surface area contributed by atoms with E-state index in [0.717, 1.165) is 11.3 Å². The molecule has 0 aliphatic heterocycles. The van der Waals surface area contributed by atoms with Gasteiger partial charge in [-0.25, -0.2) is 0 Å². The third kappa shape index (κ3) is 4.05. The van der Waals surface area contributed by atoms with E-state index in [-0.39, 0.29) is 0 Å². The van der Waals surface area contributed by atoms with Crippen molar-refractivity contribution in [1.82, 2.24) is 10.2 Å². The molecule has 1 N–H and O–H groups in total. The van der Waals surface area contributed by atoms with E-state index in [1.54, 1.807) is 12.3 Å². The van der Waals surface area contributed by atoms with Gasteiger partial charge in [0.1, 0.15) is 0 Å².